The lowest BCUT2D eigenvalue weighted by atomic mass is 9.99. The predicted octanol–water partition coefficient (Wildman–Crippen LogP) is 2.94. The number of nitrogens with one attached hydrogen (secondary N) is 1. The number of carbonyl (C=O) groups is 3. The molecule has 1 atom stereocenters. The maximum absolute atomic E-state index is 13.5. The van der Waals surface area contributed by atoms with Crippen LogP contribution in [0.15, 0.2) is 48.5 Å². The van der Waals surface area contributed by atoms with E-state index in [0.29, 0.717) is 23.5 Å². The Kier molecular flexibility index (Phi) is 4.84. The Bertz CT molecular complexity index is 990. The zero-order valence-electron chi connectivity index (χ0n) is 16.2. The first-order valence-electron chi connectivity index (χ1n) is 9.84. The molecule has 3 amide bonds. The van der Waals surface area contributed by atoms with E-state index in [1.807, 2.05) is 6.92 Å². The van der Waals surface area contributed by atoms with Crippen LogP contribution in [0.3, 0.4) is 0 Å². The van der Waals surface area contributed by atoms with Gasteiger partial charge in [-0.2, -0.15) is 0 Å². The SMILES string of the molecule is CCCCNC(=O)N1CC[C@@]2(O)C(=O)c3ccccc3N2C(=O)c2ccccc21. The summed E-state index contributed by atoms with van der Waals surface area (Å²) in [6.45, 7) is 2.64. The Labute approximate surface area is 168 Å². The standard InChI is InChI=1S/C22H23N3O4/c1-2-3-13-23-21(28)24-14-12-22(29)19(26)15-8-4-7-11-18(15)25(22)20(27)16-9-5-6-10-17(16)24/h4-11,29H,2-3,12-14H2,1H3,(H,23,28)/t22-/m1/s1. The Balaban J connectivity index is 1.79. The summed E-state index contributed by atoms with van der Waals surface area (Å²) in [6, 6.07) is 13.1. The van der Waals surface area contributed by atoms with E-state index in [1.54, 1.807) is 48.5 Å². The minimum Gasteiger partial charge on any atom is -0.364 e. The first-order valence-corrected chi connectivity index (χ1v) is 9.84. The molecule has 0 aromatic heterocycles. The average molecular weight is 393 g/mol. The summed E-state index contributed by atoms with van der Waals surface area (Å²) in [5.41, 5.74) is -0.593. The van der Waals surface area contributed by atoms with Crippen LogP contribution in [0, 0.1) is 0 Å². The summed E-state index contributed by atoms with van der Waals surface area (Å²) in [5, 5.41) is 14.2. The van der Waals surface area contributed by atoms with E-state index in [0.717, 1.165) is 12.8 Å². The predicted molar refractivity (Wildman–Crippen MR) is 109 cm³/mol. The summed E-state index contributed by atoms with van der Waals surface area (Å²) < 4.78 is 0. The van der Waals surface area contributed by atoms with Crippen LogP contribution in [0.25, 0.3) is 0 Å². The second kappa shape index (κ2) is 7.33. The van der Waals surface area contributed by atoms with Gasteiger partial charge in [0.25, 0.3) is 5.91 Å². The van der Waals surface area contributed by atoms with Crippen molar-refractivity contribution < 1.29 is 19.5 Å². The third kappa shape index (κ3) is 2.98. The van der Waals surface area contributed by atoms with Gasteiger partial charge in [-0.05, 0) is 30.7 Å². The number of rotatable bonds is 3. The van der Waals surface area contributed by atoms with Gasteiger partial charge in [0.05, 0.1) is 16.9 Å². The third-order valence-electron chi connectivity index (χ3n) is 5.49. The number of unbranched alkanes of at least 4 members (excludes halogenated alkanes) is 1. The van der Waals surface area contributed by atoms with Gasteiger partial charge in [-0.1, -0.05) is 37.6 Å². The topological polar surface area (TPSA) is 90.0 Å². The first kappa shape index (κ1) is 19.1. The normalized spacial score (nSPS) is 20.5. The summed E-state index contributed by atoms with van der Waals surface area (Å²) >= 11 is 0. The molecule has 29 heavy (non-hydrogen) atoms. The molecule has 2 aliphatic rings. The highest BCUT2D eigenvalue weighted by atomic mass is 16.3. The smallest absolute Gasteiger partial charge is 0.321 e. The highest BCUT2D eigenvalue weighted by Crippen LogP contribution is 2.42. The van der Waals surface area contributed by atoms with E-state index in [-0.39, 0.29) is 24.6 Å². The van der Waals surface area contributed by atoms with Crippen LogP contribution in [0.2, 0.25) is 0 Å². The first-order chi connectivity index (χ1) is 14.0. The second-order valence-electron chi connectivity index (χ2n) is 7.31. The number of urea groups is 1. The van der Waals surface area contributed by atoms with Gasteiger partial charge in [0.2, 0.25) is 11.5 Å². The maximum atomic E-state index is 13.5. The molecule has 150 valence electrons. The van der Waals surface area contributed by atoms with Crippen molar-refractivity contribution in [1.29, 1.82) is 0 Å². The van der Waals surface area contributed by atoms with Gasteiger partial charge < -0.3 is 10.4 Å². The molecule has 2 aromatic carbocycles. The van der Waals surface area contributed by atoms with Gasteiger partial charge in [0, 0.05) is 25.1 Å². The van der Waals surface area contributed by atoms with E-state index in [4.69, 9.17) is 0 Å². The van der Waals surface area contributed by atoms with Gasteiger partial charge in [0.1, 0.15) is 0 Å². The van der Waals surface area contributed by atoms with Gasteiger partial charge in [-0.15, -0.1) is 0 Å². The van der Waals surface area contributed by atoms with Crippen molar-refractivity contribution in [2.24, 2.45) is 0 Å². The van der Waals surface area contributed by atoms with E-state index in [2.05, 4.69) is 5.32 Å². The lowest BCUT2D eigenvalue weighted by Gasteiger charge is -2.38. The van der Waals surface area contributed by atoms with E-state index >= 15 is 0 Å². The van der Waals surface area contributed by atoms with Crippen LogP contribution < -0.4 is 15.1 Å². The third-order valence-corrected chi connectivity index (χ3v) is 5.49. The van der Waals surface area contributed by atoms with Crippen LogP contribution >= 0.6 is 0 Å². The highest BCUT2D eigenvalue weighted by molar-refractivity contribution is 6.24. The van der Waals surface area contributed by atoms with Crippen molar-refractivity contribution in [1.82, 2.24) is 5.32 Å². The largest absolute Gasteiger partial charge is 0.364 e. The van der Waals surface area contributed by atoms with Crippen molar-refractivity contribution in [2.75, 3.05) is 22.9 Å². The minimum atomic E-state index is -2.02. The zero-order chi connectivity index (χ0) is 20.6. The monoisotopic (exact) mass is 393 g/mol. The minimum absolute atomic E-state index is 0.0816. The number of nitrogens with zero attached hydrogens (tertiary/aromatic N) is 2. The number of para-hydroxylation sites is 2. The number of aliphatic hydroxyl groups is 1. The van der Waals surface area contributed by atoms with Crippen LogP contribution in [0.1, 0.15) is 46.9 Å². The lowest BCUT2D eigenvalue weighted by Crippen LogP contribution is -2.57. The number of fused-ring (bicyclic) bond motifs is 4. The summed E-state index contributed by atoms with van der Waals surface area (Å²) in [5.74, 6) is -1.03. The van der Waals surface area contributed by atoms with Crippen LogP contribution in [0.4, 0.5) is 16.2 Å². The zero-order valence-corrected chi connectivity index (χ0v) is 16.2. The van der Waals surface area contributed by atoms with Gasteiger partial charge in [0.15, 0.2) is 0 Å². The van der Waals surface area contributed by atoms with Crippen LogP contribution in [0.5, 0.6) is 0 Å². The molecule has 0 radical (unpaired) electrons. The van der Waals surface area contributed by atoms with Gasteiger partial charge in [-0.3, -0.25) is 19.4 Å². The number of amides is 3. The van der Waals surface area contributed by atoms with Gasteiger partial charge >= 0.3 is 6.03 Å². The number of Topliss-reactive ketones (excluding diaryl/α,β-unsaturated/α-hetero) is 1. The van der Waals surface area contributed by atoms with Crippen LogP contribution in [-0.2, 0) is 0 Å². The molecule has 2 aromatic rings. The molecule has 0 unspecified atom stereocenters. The van der Waals surface area contributed by atoms with E-state index < -0.39 is 17.4 Å². The summed E-state index contributed by atoms with van der Waals surface area (Å²) in [6.07, 6.45) is 1.70. The number of carbonyl (C=O) groups excluding carboxylic acids is 3. The Hall–Kier alpha value is -3.19. The molecule has 0 fully saturated rings. The number of hydrogen-bond donors (Lipinski definition) is 2. The molecule has 2 heterocycles. The molecule has 0 saturated carbocycles. The number of benzene rings is 2. The number of hydrogen-bond acceptors (Lipinski definition) is 4. The van der Waals surface area contributed by atoms with Crippen molar-refractivity contribution in [3.63, 3.8) is 0 Å². The molecule has 0 saturated heterocycles. The molecular formula is C22H23N3O4. The molecule has 2 N–H and O–H groups in total. The van der Waals surface area contributed by atoms with E-state index in [9.17, 15) is 19.5 Å². The molecule has 0 bridgehead atoms. The van der Waals surface area contributed by atoms with Gasteiger partial charge in [-0.25, -0.2) is 4.79 Å². The number of ketones is 1. The Morgan fingerprint density at radius 2 is 1.72 bits per heavy atom. The molecular weight excluding hydrogens is 370 g/mol. The van der Waals surface area contributed by atoms with E-state index in [1.165, 1.54) is 9.80 Å². The quantitative estimate of drug-likeness (QED) is 0.785. The summed E-state index contributed by atoms with van der Waals surface area (Å²) in [4.78, 5) is 41.9. The Morgan fingerprint density at radius 1 is 1.07 bits per heavy atom. The van der Waals surface area contributed by atoms with Crippen molar-refractivity contribution in [3.8, 4) is 0 Å². The fraction of sp³-hybridized carbons (Fsp3) is 0.318. The fourth-order valence-electron chi connectivity index (χ4n) is 3.96. The maximum Gasteiger partial charge on any atom is 0.321 e. The molecule has 0 aliphatic carbocycles. The van der Waals surface area contributed by atoms with Crippen molar-refractivity contribution in [3.05, 3.63) is 59.7 Å². The fourth-order valence-corrected chi connectivity index (χ4v) is 3.96. The van der Waals surface area contributed by atoms with Crippen molar-refractivity contribution >= 4 is 29.1 Å². The summed E-state index contributed by atoms with van der Waals surface area (Å²) in [7, 11) is 0. The number of anilines is 2. The van der Waals surface area contributed by atoms with Crippen molar-refractivity contribution in [2.45, 2.75) is 31.9 Å². The second-order valence-corrected chi connectivity index (χ2v) is 7.31. The molecule has 0 spiro atoms. The molecule has 2 aliphatic heterocycles. The molecule has 7 heteroatoms. The van der Waals surface area contributed by atoms with Crippen LogP contribution in [-0.4, -0.2) is 41.6 Å². The molecule has 7 nitrogen and oxygen atoms in total. The lowest BCUT2D eigenvalue weighted by molar-refractivity contribution is 0.0293. The Morgan fingerprint density at radius 3 is 2.45 bits per heavy atom. The average Bonchev–Trinajstić information content (AvgIpc) is 2.94. The highest BCUT2D eigenvalue weighted by Gasteiger charge is 2.54. The molecule has 4 rings (SSSR count).